The number of methoxy groups -OCH3 is 1. The molecule has 1 fully saturated rings. The van der Waals surface area contributed by atoms with Crippen LogP contribution in [-0.4, -0.2) is 43.6 Å². The predicted octanol–water partition coefficient (Wildman–Crippen LogP) is 3.49. The summed E-state index contributed by atoms with van der Waals surface area (Å²) in [4.78, 5) is 26.2. The zero-order chi connectivity index (χ0) is 20.8. The van der Waals surface area contributed by atoms with Crippen molar-refractivity contribution in [1.29, 1.82) is 0 Å². The quantitative estimate of drug-likeness (QED) is 0.652. The van der Waals surface area contributed by atoms with E-state index >= 15 is 0 Å². The van der Waals surface area contributed by atoms with Crippen molar-refractivity contribution >= 4 is 11.9 Å². The number of carbonyl (C=O) groups is 2. The summed E-state index contributed by atoms with van der Waals surface area (Å²) in [5.74, 6) is -0.546. The van der Waals surface area contributed by atoms with Gasteiger partial charge in [-0.05, 0) is 42.7 Å². The third kappa shape index (κ3) is 5.24. The largest absolute Gasteiger partial charge is 0.493 e. The second-order valence-corrected chi connectivity index (χ2v) is 6.52. The van der Waals surface area contributed by atoms with Gasteiger partial charge in [-0.3, -0.25) is 9.59 Å². The van der Waals surface area contributed by atoms with E-state index in [9.17, 15) is 18.4 Å². The number of likely N-dealkylation sites (tertiary alicyclic amines) is 1. The molecule has 0 aliphatic carbocycles. The number of alkyl halides is 2. The fourth-order valence-corrected chi connectivity index (χ4v) is 3.14. The lowest BCUT2D eigenvalue weighted by Crippen LogP contribution is -2.40. The Bertz CT molecular complexity index is 832. The molecule has 3 rings (SSSR count). The molecule has 0 N–H and O–H groups in total. The molecular weight excluding hydrogens is 388 g/mol. The second kappa shape index (κ2) is 9.40. The third-order valence-corrected chi connectivity index (χ3v) is 4.67. The summed E-state index contributed by atoms with van der Waals surface area (Å²) in [6, 6.07) is 7.60. The van der Waals surface area contributed by atoms with Crippen LogP contribution in [0.1, 0.15) is 29.0 Å². The first kappa shape index (κ1) is 20.6. The standard InChI is InChI=1S/C20H21F2NO6/c1-26-17-11-13(4-5-15(17)29-20(21)22)12-28-19(25)14-6-8-23(9-7-14)18(24)16-3-2-10-27-16/h2-5,10-11,14,20H,6-9,12H2,1H3. The van der Waals surface area contributed by atoms with Crippen LogP contribution in [0.15, 0.2) is 41.0 Å². The Balaban J connectivity index is 1.49. The van der Waals surface area contributed by atoms with E-state index in [1.807, 2.05) is 0 Å². The van der Waals surface area contributed by atoms with E-state index in [0.717, 1.165) is 0 Å². The molecule has 0 atom stereocenters. The van der Waals surface area contributed by atoms with Crippen LogP contribution >= 0.6 is 0 Å². The Morgan fingerprint density at radius 2 is 1.97 bits per heavy atom. The molecule has 0 spiro atoms. The summed E-state index contributed by atoms with van der Waals surface area (Å²) >= 11 is 0. The van der Waals surface area contributed by atoms with Crippen LogP contribution in [0.4, 0.5) is 8.78 Å². The lowest BCUT2D eigenvalue weighted by Gasteiger charge is -2.30. The molecule has 1 saturated heterocycles. The molecule has 29 heavy (non-hydrogen) atoms. The summed E-state index contributed by atoms with van der Waals surface area (Å²) < 4.78 is 44.6. The number of esters is 1. The van der Waals surface area contributed by atoms with Crippen molar-refractivity contribution in [1.82, 2.24) is 4.90 Å². The van der Waals surface area contributed by atoms with E-state index < -0.39 is 6.61 Å². The molecule has 1 aliphatic heterocycles. The van der Waals surface area contributed by atoms with Crippen molar-refractivity contribution < 1.29 is 37.0 Å². The Morgan fingerprint density at radius 1 is 1.21 bits per heavy atom. The van der Waals surface area contributed by atoms with Gasteiger partial charge in [0.1, 0.15) is 6.61 Å². The van der Waals surface area contributed by atoms with E-state index in [0.29, 0.717) is 31.5 Å². The van der Waals surface area contributed by atoms with Crippen LogP contribution in [-0.2, 0) is 16.1 Å². The number of amides is 1. The summed E-state index contributed by atoms with van der Waals surface area (Å²) in [5.41, 5.74) is 0.585. The van der Waals surface area contributed by atoms with E-state index in [1.165, 1.54) is 31.6 Å². The first-order chi connectivity index (χ1) is 14.0. The molecule has 2 aromatic rings. The third-order valence-electron chi connectivity index (χ3n) is 4.67. The molecule has 0 radical (unpaired) electrons. The summed E-state index contributed by atoms with van der Waals surface area (Å²) in [6.45, 7) is -2.10. The van der Waals surface area contributed by atoms with Gasteiger partial charge in [0.05, 0.1) is 19.3 Å². The van der Waals surface area contributed by atoms with Crippen LogP contribution in [0.25, 0.3) is 0 Å². The number of nitrogens with zero attached hydrogens (tertiary/aromatic N) is 1. The Kier molecular flexibility index (Phi) is 6.69. The van der Waals surface area contributed by atoms with Gasteiger partial charge in [-0.25, -0.2) is 0 Å². The lowest BCUT2D eigenvalue weighted by molar-refractivity contribution is -0.151. The van der Waals surface area contributed by atoms with Gasteiger partial charge in [-0.2, -0.15) is 8.78 Å². The Labute approximate surface area is 166 Å². The highest BCUT2D eigenvalue weighted by atomic mass is 19.3. The summed E-state index contributed by atoms with van der Waals surface area (Å²) in [5, 5.41) is 0. The topological polar surface area (TPSA) is 78.2 Å². The monoisotopic (exact) mass is 409 g/mol. The average molecular weight is 409 g/mol. The molecule has 0 bridgehead atoms. The Morgan fingerprint density at radius 3 is 2.59 bits per heavy atom. The molecule has 156 valence electrons. The maximum absolute atomic E-state index is 12.4. The lowest BCUT2D eigenvalue weighted by atomic mass is 9.97. The minimum atomic E-state index is -2.96. The number of piperidine rings is 1. The number of rotatable bonds is 7. The molecule has 9 heteroatoms. The maximum atomic E-state index is 12.4. The number of ether oxygens (including phenoxy) is 3. The van der Waals surface area contributed by atoms with Gasteiger partial charge in [0.15, 0.2) is 17.3 Å². The molecule has 1 amide bonds. The molecule has 1 aromatic carbocycles. The predicted molar refractivity (Wildman–Crippen MR) is 96.8 cm³/mol. The highest BCUT2D eigenvalue weighted by Gasteiger charge is 2.29. The molecule has 7 nitrogen and oxygen atoms in total. The van der Waals surface area contributed by atoms with E-state index in [1.54, 1.807) is 17.0 Å². The van der Waals surface area contributed by atoms with Gasteiger partial charge in [-0.15, -0.1) is 0 Å². The molecule has 0 unspecified atom stereocenters. The second-order valence-electron chi connectivity index (χ2n) is 6.52. The fraction of sp³-hybridized carbons (Fsp3) is 0.400. The van der Waals surface area contributed by atoms with Gasteiger partial charge in [0.2, 0.25) is 0 Å². The minimum Gasteiger partial charge on any atom is -0.493 e. The number of benzene rings is 1. The molecule has 1 aliphatic rings. The van der Waals surface area contributed by atoms with Crippen LogP contribution in [0.3, 0.4) is 0 Å². The van der Waals surface area contributed by atoms with Crippen LogP contribution in [0, 0.1) is 5.92 Å². The summed E-state index contributed by atoms with van der Waals surface area (Å²) in [6.07, 6.45) is 2.43. The van der Waals surface area contributed by atoms with Crippen LogP contribution < -0.4 is 9.47 Å². The van der Waals surface area contributed by atoms with Crippen LogP contribution in [0.2, 0.25) is 0 Å². The van der Waals surface area contributed by atoms with Gasteiger partial charge in [-0.1, -0.05) is 6.07 Å². The molecule has 0 saturated carbocycles. The molecule has 2 heterocycles. The van der Waals surface area contributed by atoms with E-state index in [4.69, 9.17) is 13.9 Å². The van der Waals surface area contributed by atoms with Gasteiger partial charge >= 0.3 is 12.6 Å². The van der Waals surface area contributed by atoms with Gasteiger partial charge in [0.25, 0.3) is 5.91 Å². The SMILES string of the molecule is COc1cc(COC(=O)C2CCN(C(=O)c3ccco3)CC2)ccc1OC(F)F. The number of furan rings is 1. The van der Waals surface area contributed by atoms with Crippen molar-refractivity contribution in [2.75, 3.05) is 20.2 Å². The number of hydrogen-bond donors (Lipinski definition) is 0. The zero-order valence-electron chi connectivity index (χ0n) is 15.8. The van der Waals surface area contributed by atoms with E-state index in [2.05, 4.69) is 4.74 Å². The number of carbonyl (C=O) groups excluding carboxylic acids is 2. The normalized spacial score (nSPS) is 14.7. The van der Waals surface area contributed by atoms with Crippen LogP contribution in [0.5, 0.6) is 11.5 Å². The maximum Gasteiger partial charge on any atom is 0.387 e. The van der Waals surface area contributed by atoms with Gasteiger partial charge in [0, 0.05) is 13.1 Å². The zero-order valence-corrected chi connectivity index (χ0v) is 15.8. The first-order valence-corrected chi connectivity index (χ1v) is 9.09. The van der Waals surface area contributed by atoms with Gasteiger partial charge < -0.3 is 23.5 Å². The van der Waals surface area contributed by atoms with E-state index in [-0.39, 0.29) is 41.7 Å². The fourth-order valence-electron chi connectivity index (χ4n) is 3.14. The average Bonchev–Trinajstić information content (AvgIpc) is 3.27. The Hall–Kier alpha value is -3.10. The van der Waals surface area contributed by atoms with Crippen molar-refractivity contribution in [2.45, 2.75) is 26.1 Å². The number of halogens is 2. The molecular formula is C20H21F2NO6. The smallest absolute Gasteiger partial charge is 0.387 e. The minimum absolute atomic E-state index is 0.0182. The van der Waals surface area contributed by atoms with Crippen molar-refractivity contribution in [2.24, 2.45) is 5.92 Å². The highest BCUT2D eigenvalue weighted by molar-refractivity contribution is 5.91. The molecule has 1 aromatic heterocycles. The highest BCUT2D eigenvalue weighted by Crippen LogP contribution is 2.30. The van der Waals surface area contributed by atoms with Crippen molar-refractivity contribution in [3.05, 3.63) is 47.9 Å². The number of hydrogen-bond acceptors (Lipinski definition) is 6. The summed E-state index contributed by atoms with van der Waals surface area (Å²) in [7, 11) is 1.33. The van der Waals surface area contributed by atoms with Crippen molar-refractivity contribution in [3.8, 4) is 11.5 Å². The van der Waals surface area contributed by atoms with Crippen molar-refractivity contribution in [3.63, 3.8) is 0 Å². The first-order valence-electron chi connectivity index (χ1n) is 9.09.